The zero-order valence-electron chi connectivity index (χ0n) is 17.0. The van der Waals surface area contributed by atoms with E-state index in [9.17, 15) is 4.79 Å². The third-order valence-electron chi connectivity index (χ3n) is 4.49. The molecule has 3 aromatic rings. The Balaban J connectivity index is 1.73. The number of ether oxygens (including phenoxy) is 3. The molecule has 29 heavy (non-hydrogen) atoms. The van der Waals surface area contributed by atoms with Crippen molar-refractivity contribution in [2.24, 2.45) is 0 Å². The van der Waals surface area contributed by atoms with E-state index in [1.807, 2.05) is 68.5 Å². The summed E-state index contributed by atoms with van der Waals surface area (Å²) in [5, 5.41) is 0. The average Bonchev–Trinajstić information content (AvgIpc) is 3.08. The number of carbonyl (C=O) groups excluding carboxylic acids is 1. The van der Waals surface area contributed by atoms with Crippen molar-refractivity contribution in [3.8, 4) is 17.2 Å². The molecule has 0 aliphatic heterocycles. The Morgan fingerprint density at radius 3 is 2.31 bits per heavy atom. The second-order valence-electron chi connectivity index (χ2n) is 6.56. The van der Waals surface area contributed by atoms with Crippen LogP contribution in [0.5, 0.6) is 17.2 Å². The molecule has 0 unspecified atom stereocenters. The van der Waals surface area contributed by atoms with Crippen LogP contribution >= 0.6 is 11.3 Å². The molecule has 0 spiro atoms. The van der Waals surface area contributed by atoms with Crippen LogP contribution in [0.3, 0.4) is 0 Å². The van der Waals surface area contributed by atoms with Gasteiger partial charge in [-0.25, -0.2) is 0 Å². The Morgan fingerprint density at radius 2 is 1.69 bits per heavy atom. The van der Waals surface area contributed by atoms with Crippen molar-refractivity contribution in [3.63, 3.8) is 0 Å². The van der Waals surface area contributed by atoms with Crippen LogP contribution < -0.4 is 14.2 Å². The predicted octanol–water partition coefficient (Wildman–Crippen LogP) is 5.86. The Kier molecular flexibility index (Phi) is 6.73. The third-order valence-corrected chi connectivity index (χ3v) is 5.46. The minimum atomic E-state index is 0.0127. The van der Waals surface area contributed by atoms with Crippen LogP contribution in [0.15, 0.2) is 54.6 Å². The first kappa shape index (κ1) is 20.7. The number of ketones is 1. The van der Waals surface area contributed by atoms with E-state index in [0.717, 1.165) is 43.7 Å². The van der Waals surface area contributed by atoms with Gasteiger partial charge in [-0.1, -0.05) is 12.1 Å². The maximum Gasteiger partial charge on any atom is 0.186 e. The van der Waals surface area contributed by atoms with Gasteiger partial charge in [-0.05, 0) is 68.0 Å². The summed E-state index contributed by atoms with van der Waals surface area (Å²) < 4.78 is 16.5. The summed E-state index contributed by atoms with van der Waals surface area (Å²) in [6.07, 6.45) is 3.44. The van der Waals surface area contributed by atoms with E-state index >= 15 is 0 Å². The fourth-order valence-electron chi connectivity index (χ4n) is 2.99. The topological polar surface area (TPSA) is 44.8 Å². The highest BCUT2D eigenvalue weighted by Crippen LogP contribution is 2.25. The van der Waals surface area contributed by atoms with E-state index in [2.05, 4.69) is 0 Å². The Hall–Kier alpha value is -3.05. The first-order valence-electron chi connectivity index (χ1n) is 9.23. The highest BCUT2D eigenvalue weighted by atomic mass is 32.1. The number of rotatable bonds is 8. The molecule has 0 N–H and O–H groups in total. The monoisotopic (exact) mass is 408 g/mol. The van der Waals surface area contributed by atoms with Gasteiger partial charge in [0.2, 0.25) is 0 Å². The summed E-state index contributed by atoms with van der Waals surface area (Å²) in [5.74, 6) is 2.28. The normalized spacial score (nSPS) is 10.9. The van der Waals surface area contributed by atoms with E-state index in [1.54, 1.807) is 31.6 Å². The van der Waals surface area contributed by atoms with Crippen molar-refractivity contribution in [2.45, 2.75) is 20.5 Å². The molecule has 1 aromatic heterocycles. The number of hydrogen-bond acceptors (Lipinski definition) is 5. The smallest absolute Gasteiger partial charge is 0.186 e. The fraction of sp³-hybridized carbons (Fsp3) is 0.208. The minimum Gasteiger partial charge on any atom is -0.497 e. The molecule has 2 aromatic carbocycles. The van der Waals surface area contributed by atoms with Gasteiger partial charge in [0.15, 0.2) is 5.78 Å². The highest BCUT2D eigenvalue weighted by molar-refractivity contribution is 7.12. The van der Waals surface area contributed by atoms with Gasteiger partial charge in [0.1, 0.15) is 23.9 Å². The zero-order valence-corrected chi connectivity index (χ0v) is 17.8. The molecule has 1 heterocycles. The number of aryl methyl sites for hydroxylation is 2. The molecule has 0 saturated heterocycles. The number of thiophene rings is 1. The number of benzene rings is 2. The van der Waals surface area contributed by atoms with Gasteiger partial charge in [0.05, 0.1) is 14.2 Å². The number of allylic oxidation sites excluding steroid dienone is 1. The number of carbonyl (C=O) groups is 1. The number of methoxy groups -OCH3 is 2. The summed E-state index contributed by atoms with van der Waals surface area (Å²) in [6, 6.07) is 15.1. The molecule has 0 aliphatic carbocycles. The van der Waals surface area contributed by atoms with Crippen molar-refractivity contribution in [3.05, 3.63) is 81.1 Å². The zero-order chi connectivity index (χ0) is 20.8. The van der Waals surface area contributed by atoms with Crippen LogP contribution in [0.4, 0.5) is 0 Å². The van der Waals surface area contributed by atoms with Crippen molar-refractivity contribution in [1.82, 2.24) is 0 Å². The van der Waals surface area contributed by atoms with E-state index in [4.69, 9.17) is 14.2 Å². The van der Waals surface area contributed by atoms with Crippen LogP contribution in [0.25, 0.3) is 6.08 Å². The molecule has 3 rings (SSSR count). The van der Waals surface area contributed by atoms with Crippen LogP contribution in [0, 0.1) is 13.8 Å². The van der Waals surface area contributed by atoms with E-state index in [-0.39, 0.29) is 5.78 Å². The minimum absolute atomic E-state index is 0.0127. The molecule has 0 radical (unpaired) electrons. The maximum atomic E-state index is 12.5. The summed E-state index contributed by atoms with van der Waals surface area (Å²) in [7, 11) is 3.26. The van der Waals surface area contributed by atoms with Crippen molar-refractivity contribution >= 4 is 23.2 Å². The van der Waals surface area contributed by atoms with Crippen molar-refractivity contribution in [2.75, 3.05) is 14.2 Å². The molecule has 5 heteroatoms. The maximum absolute atomic E-state index is 12.5. The average molecular weight is 409 g/mol. The van der Waals surface area contributed by atoms with Gasteiger partial charge in [-0.3, -0.25) is 4.79 Å². The Morgan fingerprint density at radius 1 is 0.966 bits per heavy atom. The molecule has 4 nitrogen and oxygen atoms in total. The quantitative estimate of drug-likeness (QED) is 0.346. The lowest BCUT2D eigenvalue weighted by Crippen LogP contribution is -1.99. The SMILES string of the molecule is COc1ccc(OCc2cc(/C=C/C(=O)c3cc(C)sc3C)ccc2OC)cc1. The molecule has 0 bridgehead atoms. The van der Waals surface area contributed by atoms with Crippen molar-refractivity contribution < 1.29 is 19.0 Å². The molecule has 0 fully saturated rings. The van der Waals surface area contributed by atoms with E-state index in [0.29, 0.717) is 6.61 Å². The summed E-state index contributed by atoms with van der Waals surface area (Å²) >= 11 is 1.64. The van der Waals surface area contributed by atoms with Gasteiger partial charge >= 0.3 is 0 Å². The Labute approximate surface area is 175 Å². The third kappa shape index (κ3) is 5.27. The van der Waals surface area contributed by atoms with Crippen LogP contribution in [0.2, 0.25) is 0 Å². The highest BCUT2D eigenvalue weighted by Gasteiger charge is 2.10. The molecule has 150 valence electrons. The van der Waals surface area contributed by atoms with Gasteiger partial charge in [0, 0.05) is 20.9 Å². The van der Waals surface area contributed by atoms with Crippen LogP contribution in [0.1, 0.15) is 31.2 Å². The molecule has 0 saturated carbocycles. The second-order valence-corrected chi connectivity index (χ2v) is 8.02. The lowest BCUT2D eigenvalue weighted by atomic mass is 10.1. The lowest BCUT2D eigenvalue weighted by Gasteiger charge is -2.11. The molecular formula is C24H24O4S. The summed E-state index contributed by atoms with van der Waals surface area (Å²) in [5.41, 5.74) is 2.58. The standard InChI is InChI=1S/C24H24O4S/c1-16-13-22(17(2)29-16)23(25)11-5-18-6-12-24(27-4)19(14-18)15-28-21-9-7-20(26-3)8-10-21/h5-14H,15H2,1-4H3/b11-5+. The number of hydrogen-bond donors (Lipinski definition) is 0. The molecular weight excluding hydrogens is 384 g/mol. The van der Waals surface area contributed by atoms with Crippen LogP contribution in [-0.4, -0.2) is 20.0 Å². The first-order chi connectivity index (χ1) is 14.0. The van der Waals surface area contributed by atoms with Crippen molar-refractivity contribution in [1.29, 1.82) is 0 Å². The fourth-order valence-corrected chi connectivity index (χ4v) is 3.91. The van der Waals surface area contributed by atoms with E-state index in [1.165, 1.54) is 0 Å². The molecule has 0 aliphatic rings. The predicted molar refractivity (Wildman–Crippen MR) is 117 cm³/mol. The second kappa shape index (κ2) is 9.43. The summed E-state index contributed by atoms with van der Waals surface area (Å²) in [6.45, 7) is 4.34. The Bertz CT molecular complexity index is 1020. The molecule has 0 amide bonds. The summed E-state index contributed by atoms with van der Waals surface area (Å²) in [4.78, 5) is 14.7. The van der Waals surface area contributed by atoms with Crippen LogP contribution in [-0.2, 0) is 6.61 Å². The van der Waals surface area contributed by atoms with Gasteiger partial charge < -0.3 is 14.2 Å². The first-order valence-corrected chi connectivity index (χ1v) is 10.0. The lowest BCUT2D eigenvalue weighted by molar-refractivity contribution is 0.104. The van der Waals surface area contributed by atoms with Gasteiger partial charge in [-0.15, -0.1) is 11.3 Å². The van der Waals surface area contributed by atoms with Gasteiger partial charge in [-0.2, -0.15) is 0 Å². The molecule has 0 atom stereocenters. The van der Waals surface area contributed by atoms with Gasteiger partial charge in [0.25, 0.3) is 0 Å². The van der Waals surface area contributed by atoms with E-state index < -0.39 is 0 Å². The largest absolute Gasteiger partial charge is 0.497 e.